The van der Waals surface area contributed by atoms with Crippen molar-refractivity contribution in [2.24, 2.45) is 0 Å². The van der Waals surface area contributed by atoms with Crippen LogP contribution in [0.5, 0.6) is 0 Å². The maximum atomic E-state index is 9.64. The van der Waals surface area contributed by atoms with E-state index in [0.29, 0.717) is 0 Å². The average Bonchev–Trinajstić information content (AvgIpc) is 2.38. The Labute approximate surface area is 122 Å². The Bertz CT molecular complexity index is 411. The van der Waals surface area contributed by atoms with Crippen molar-refractivity contribution < 1.29 is 5.11 Å². The minimum atomic E-state index is -0.422. The number of aliphatic hydroxyl groups excluding tert-OH is 1. The van der Waals surface area contributed by atoms with Crippen molar-refractivity contribution in [3.8, 4) is 0 Å². The standard InChI is InChI=1S/C14H20BrNOS/c1-3-12-9-16(6-7-18-12)11-4-5-13(10(2)17)14(15)8-11/h4-5,8,10,12,17H,3,6-7,9H2,1-2H3/t10-,12?/m1/s1. The Morgan fingerprint density at radius 3 is 2.94 bits per heavy atom. The van der Waals surface area contributed by atoms with Gasteiger partial charge in [0.15, 0.2) is 0 Å². The van der Waals surface area contributed by atoms with E-state index in [-0.39, 0.29) is 0 Å². The molecule has 1 fully saturated rings. The molecule has 0 saturated carbocycles. The fourth-order valence-corrected chi connectivity index (χ4v) is 4.13. The SMILES string of the molecule is CCC1CN(c2ccc([C@@H](C)O)c(Br)c2)CCS1. The van der Waals surface area contributed by atoms with Gasteiger partial charge in [-0.2, -0.15) is 11.8 Å². The van der Waals surface area contributed by atoms with Crippen LogP contribution in [0.2, 0.25) is 0 Å². The van der Waals surface area contributed by atoms with E-state index in [9.17, 15) is 5.11 Å². The first-order chi connectivity index (χ1) is 8.61. The molecule has 2 nitrogen and oxygen atoms in total. The number of rotatable bonds is 3. The molecule has 0 aromatic heterocycles. The summed E-state index contributed by atoms with van der Waals surface area (Å²) in [6.07, 6.45) is 0.808. The van der Waals surface area contributed by atoms with Gasteiger partial charge in [-0.15, -0.1) is 0 Å². The van der Waals surface area contributed by atoms with Gasteiger partial charge in [-0.25, -0.2) is 0 Å². The molecule has 0 amide bonds. The van der Waals surface area contributed by atoms with E-state index in [1.165, 1.54) is 17.9 Å². The van der Waals surface area contributed by atoms with Gasteiger partial charge in [0, 0.05) is 34.3 Å². The Hall–Kier alpha value is -0.190. The van der Waals surface area contributed by atoms with Gasteiger partial charge >= 0.3 is 0 Å². The first-order valence-corrected chi connectivity index (χ1v) is 8.30. The second-order valence-electron chi connectivity index (χ2n) is 4.73. The Kier molecular flexibility index (Phi) is 4.98. The van der Waals surface area contributed by atoms with Gasteiger partial charge in [0.2, 0.25) is 0 Å². The van der Waals surface area contributed by atoms with Crippen molar-refractivity contribution in [1.29, 1.82) is 0 Å². The highest BCUT2D eigenvalue weighted by Crippen LogP contribution is 2.31. The molecule has 2 rings (SSSR count). The number of thioether (sulfide) groups is 1. The summed E-state index contributed by atoms with van der Waals surface area (Å²) in [4.78, 5) is 2.45. The molecule has 2 atom stereocenters. The van der Waals surface area contributed by atoms with Crippen LogP contribution in [-0.4, -0.2) is 29.2 Å². The lowest BCUT2D eigenvalue weighted by molar-refractivity contribution is 0.198. The first kappa shape index (κ1) is 14.2. The fraction of sp³-hybridized carbons (Fsp3) is 0.571. The van der Waals surface area contributed by atoms with E-state index in [4.69, 9.17) is 0 Å². The first-order valence-electron chi connectivity index (χ1n) is 6.46. The lowest BCUT2D eigenvalue weighted by Crippen LogP contribution is -2.37. The minimum absolute atomic E-state index is 0.422. The largest absolute Gasteiger partial charge is 0.389 e. The maximum Gasteiger partial charge on any atom is 0.0772 e. The quantitative estimate of drug-likeness (QED) is 0.911. The van der Waals surface area contributed by atoms with Crippen molar-refractivity contribution in [3.63, 3.8) is 0 Å². The summed E-state index contributed by atoms with van der Waals surface area (Å²) in [5.41, 5.74) is 2.21. The summed E-state index contributed by atoms with van der Waals surface area (Å²) in [7, 11) is 0. The number of nitrogens with zero attached hydrogens (tertiary/aromatic N) is 1. The third-order valence-corrected chi connectivity index (χ3v) is 5.45. The summed E-state index contributed by atoms with van der Waals surface area (Å²) in [6, 6.07) is 6.27. The predicted molar refractivity (Wildman–Crippen MR) is 83.5 cm³/mol. The number of hydrogen-bond acceptors (Lipinski definition) is 3. The second-order valence-corrected chi connectivity index (χ2v) is 6.99. The van der Waals surface area contributed by atoms with Gasteiger partial charge in [-0.3, -0.25) is 0 Å². The topological polar surface area (TPSA) is 23.5 Å². The van der Waals surface area contributed by atoms with Gasteiger partial charge in [0.1, 0.15) is 0 Å². The molecule has 0 spiro atoms. The smallest absolute Gasteiger partial charge is 0.0772 e. The van der Waals surface area contributed by atoms with Crippen LogP contribution >= 0.6 is 27.7 Å². The van der Waals surface area contributed by atoms with E-state index in [1.807, 2.05) is 6.07 Å². The highest BCUT2D eigenvalue weighted by molar-refractivity contribution is 9.10. The molecule has 1 N–H and O–H groups in total. The fourth-order valence-electron chi connectivity index (χ4n) is 2.25. The molecule has 1 aromatic rings. The Balaban J connectivity index is 2.16. The average molecular weight is 330 g/mol. The molecule has 4 heteroatoms. The molecule has 1 aromatic carbocycles. The van der Waals surface area contributed by atoms with Crippen LogP contribution < -0.4 is 4.90 Å². The number of hydrogen-bond donors (Lipinski definition) is 1. The van der Waals surface area contributed by atoms with Gasteiger partial charge in [0.25, 0.3) is 0 Å². The van der Waals surface area contributed by atoms with Crippen LogP contribution in [0.25, 0.3) is 0 Å². The number of benzene rings is 1. The van der Waals surface area contributed by atoms with E-state index in [0.717, 1.165) is 28.4 Å². The Morgan fingerprint density at radius 1 is 1.56 bits per heavy atom. The lowest BCUT2D eigenvalue weighted by Gasteiger charge is -2.34. The highest BCUT2D eigenvalue weighted by Gasteiger charge is 2.19. The molecule has 0 bridgehead atoms. The molecule has 0 radical (unpaired) electrons. The molecule has 18 heavy (non-hydrogen) atoms. The van der Waals surface area contributed by atoms with Crippen molar-refractivity contribution in [1.82, 2.24) is 0 Å². The molecule has 1 saturated heterocycles. The molecule has 1 unspecified atom stereocenters. The molecular weight excluding hydrogens is 310 g/mol. The molecule has 0 aliphatic carbocycles. The normalized spacial score (nSPS) is 22.0. The van der Waals surface area contributed by atoms with E-state index >= 15 is 0 Å². The monoisotopic (exact) mass is 329 g/mol. The van der Waals surface area contributed by atoms with E-state index in [1.54, 1.807) is 6.92 Å². The van der Waals surface area contributed by atoms with Gasteiger partial charge < -0.3 is 10.0 Å². The minimum Gasteiger partial charge on any atom is -0.389 e. The summed E-state index contributed by atoms with van der Waals surface area (Å²) in [5.74, 6) is 1.20. The molecule has 1 aliphatic heterocycles. The summed E-state index contributed by atoms with van der Waals surface area (Å²) in [5, 5.41) is 10.4. The van der Waals surface area contributed by atoms with E-state index in [2.05, 4.69) is 51.6 Å². The summed E-state index contributed by atoms with van der Waals surface area (Å²) in [6.45, 7) is 6.29. The Morgan fingerprint density at radius 2 is 2.33 bits per heavy atom. The van der Waals surface area contributed by atoms with Gasteiger partial charge in [-0.05, 0) is 31.0 Å². The van der Waals surface area contributed by atoms with Crippen LogP contribution in [0.1, 0.15) is 31.9 Å². The maximum absolute atomic E-state index is 9.64. The summed E-state index contributed by atoms with van der Waals surface area (Å²) < 4.78 is 1.00. The lowest BCUT2D eigenvalue weighted by atomic mass is 10.1. The van der Waals surface area contributed by atoms with Crippen LogP contribution in [0, 0.1) is 0 Å². The van der Waals surface area contributed by atoms with Crippen molar-refractivity contribution in [2.75, 3.05) is 23.7 Å². The predicted octanol–water partition coefficient (Wildman–Crippen LogP) is 3.83. The number of anilines is 1. The number of aliphatic hydroxyl groups is 1. The zero-order valence-electron chi connectivity index (χ0n) is 10.9. The van der Waals surface area contributed by atoms with Crippen LogP contribution in [0.15, 0.2) is 22.7 Å². The molecule has 1 aliphatic rings. The van der Waals surface area contributed by atoms with Crippen LogP contribution in [0.3, 0.4) is 0 Å². The second kappa shape index (κ2) is 6.31. The van der Waals surface area contributed by atoms with Gasteiger partial charge in [-0.1, -0.05) is 28.9 Å². The summed E-state index contributed by atoms with van der Waals surface area (Å²) >= 11 is 5.64. The molecule has 100 valence electrons. The van der Waals surface area contributed by atoms with Crippen LogP contribution in [0.4, 0.5) is 5.69 Å². The highest BCUT2D eigenvalue weighted by atomic mass is 79.9. The third kappa shape index (κ3) is 3.22. The van der Waals surface area contributed by atoms with E-state index < -0.39 is 6.10 Å². The number of halogens is 1. The molecule has 1 heterocycles. The van der Waals surface area contributed by atoms with Crippen molar-refractivity contribution in [3.05, 3.63) is 28.2 Å². The molecular formula is C14H20BrNOS. The zero-order valence-corrected chi connectivity index (χ0v) is 13.3. The van der Waals surface area contributed by atoms with Crippen LogP contribution in [-0.2, 0) is 0 Å². The van der Waals surface area contributed by atoms with Gasteiger partial charge in [0.05, 0.1) is 6.10 Å². The van der Waals surface area contributed by atoms with Crippen molar-refractivity contribution >= 4 is 33.4 Å². The third-order valence-electron chi connectivity index (χ3n) is 3.39. The van der Waals surface area contributed by atoms with Crippen molar-refractivity contribution in [2.45, 2.75) is 31.6 Å². The zero-order chi connectivity index (χ0) is 13.1.